The van der Waals surface area contributed by atoms with E-state index in [9.17, 15) is 28.8 Å². The Hall–Kier alpha value is -6.12. The Balaban J connectivity index is 1.56. The molecule has 0 unspecified atom stereocenters. The van der Waals surface area contributed by atoms with Crippen LogP contribution in [0.2, 0.25) is 0 Å². The zero-order valence-corrected chi connectivity index (χ0v) is 23.6. The van der Waals surface area contributed by atoms with E-state index in [1.807, 2.05) is 0 Å². The molecule has 0 atom stereocenters. The number of hydrogen-bond acceptors (Lipinski definition) is 15. The van der Waals surface area contributed by atoms with Crippen LogP contribution in [0.15, 0.2) is 91.0 Å². The second-order valence-electron chi connectivity index (χ2n) is 8.93. The third-order valence-corrected chi connectivity index (χ3v) is 5.82. The van der Waals surface area contributed by atoms with Crippen LogP contribution >= 0.6 is 0 Å². The average molecular weight is 627 g/mol. The summed E-state index contributed by atoms with van der Waals surface area (Å²) in [5.74, 6) is -2.95. The van der Waals surface area contributed by atoms with Gasteiger partial charge in [-0.2, -0.15) is 14.4 Å². The van der Waals surface area contributed by atoms with Crippen LogP contribution in [0.1, 0.15) is 44.4 Å². The summed E-state index contributed by atoms with van der Waals surface area (Å²) in [6, 6.07) is 22.8. The van der Waals surface area contributed by atoms with E-state index in [4.69, 9.17) is 14.2 Å². The van der Waals surface area contributed by atoms with Crippen molar-refractivity contribution in [3.05, 3.63) is 108 Å². The maximum absolute atomic E-state index is 12.1. The van der Waals surface area contributed by atoms with E-state index in [1.165, 1.54) is 36.4 Å². The molecule has 0 fully saturated rings. The van der Waals surface area contributed by atoms with Gasteiger partial charge in [-0.3, -0.25) is 0 Å². The summed E-state index contributed by atoms with van der Waals surface area (Å²) in [5, 5.41) is 0. The molecule has 3 rings (SSSR count). The molecule has 0 radical (unpaired) electrons. The topological polar surface area (TPSA) is 185 Å². The summed E-state index contributed by atoms with van der Waals surface area (Å²) in [5.41, 5.74) is -1.22. The van der Waals surface area contributed by atoms with E-state index in [2.05, 4.69) is 29.3 Å². The maximum atomic E-state index is 12.1. The standard InChI is InChI=1S/C30H26O15/c1-2-30(18-37-27(34)43-40-24(31)21-12-6-3-7-13-21,19-38-28(35)44-41-25(32)22-14-8-4-9-15-22)20-39-29(36)45-42-26(33)23-16-10-5-11-17-23/h3-17H,2,18-20H2,1H3. The molecule has 0 aliphatic carbocycles. The Kier molecular flexibility index (Phi) is 12.7. The lowest BCUT2D eigenvalue weighted by Crippen LogP contribution is -2.39. The van der Waals surface area contributed by atoms with Crippen LogP contribution < -0.4 is 0 Å². The van der Waals surface area contributed by atoms with Crippen LogP contribution in [0, 0.1) is 5.41 Å². The minimum absolute atomic E-state index is 0.0122. The Morgan fingerprint density at radius 2 is 0.711 bits per heavy atom. The van der Waals surface area contributed by atoms with Gasteiger partial charge >= 0.3 is 36.4 Å². The van der Waals surface area contributed by atoms with Crippen molar-refractivity contribution < 1.29 is 72.3 Å². The zero-order chi connectivity index (χ0) is 32.5. The smallest absolute Gasteiger partial charge is 0.431 e. The first-order chi connectivity index (χ1) is 21.7. The summed E-state index contributed by atoms with van der Waals surface area (Å²) < 4.78 is 15.0. The van der Waals surface area contributed by atoms with Gasteiger partial charge in [0.25, 0.3) is 0 Å². The highest BCUT2D eigenvalue weighted by Gasteiger charge is 2.36. The van der Waals surface area contributed by atoms with Crippen molar-refractivity contribution >= 4 is 36.4 Å². The molecule has 3 aromatic carbocycles. The minimum atomic E-state index is -1.49. The Morgan fingerprint density at radius 1 is 0.444 bits per heavy atom. The zero-order valence-electron chi connectivity index (χ0n) is 23.6. The molecule has 3 aromatic rings. The van der Waals surface area contributed by atoms with Crippen molar-refractivity contribution in [1.82, 2.24) is 0 Å². The molecule has 0 aliphatic heterocycles. The highest BCUT2D eigenvalue weighted by atomic mass is 17.2. The first-order valence-electron chi connectivity index (χ1n) is 13.0. The van der Waals surface area contributed by atoms with Crippen LogP contribution in [0.25, 0.3) is 0 Å². The lowest BCUT2D eigenvalue weighted by molar-refractivity contribution is -0.217. The molecule has 236 valence electrons. The van der Waals surface area contributed by atoms with Crippen molar-refractivity contribution in [1.29, 1.82) is 0 Å². The molecule has 0 amide bonds. The molecular formula is C30H26O15. The summed E-state index contributed by atoms with van der Waals surface area (Å²) in [7, 11) is 0. The normalized spacial score (nSPS) is 10.3. The Morgan fingerprint density at radius 3 is 0.956 bits per heavy atom. The summed E-state index contributed by atoms with van der Waals surface area (Å²) in [6.07, 6.45) is -4.37. The lowest BCUT2D eigenvalue weighted by atomic mass is 9.88. The van der Waals surface area contributed by atoms with Crippen LogP contribution in [0.3, 0.4) is 0 Å². The first kappa shape index (κ1) is 33.4. The van der Waals surface area contributed by atoms with Crippen LogP contribution in [0.5, 0.6) is 0 Å². The van der Waals surface area contributed by atoms with E-state index < -0.39 is 61.6 Å². The van der Waals surface area contributed by atoms with Crippen molar-refractivity contribution in [2.75, 3.05) is 19.8 Å². The third-order valence-electron chi connectivity index (χ3n) is 5.82. The molecule has 0 N–H and O–H groups in total. The second kappa shape index (κ2) is 17.1. The monoisotopic (exact) mass is 626 g/mol. The molecule has 0 saturated heterocycles. The van der Waals surface area contributed by atoms with E-state index in [0.29, 0.717) is 0 Å². The van der Waals surface area contributed by atoms with Gasteiger partial charge in [0.1, 0.15) is 19.8 Å². The minimum Gasteiger partial charge on any atom is -0.431 e. The number of carbonyl (C=O) groups is 6. The van der Waals surface area contributed by atoms with Crippen LogP contribution in [-0.4, -0.2) is 56.2 Å². The predicted molar refractivity (Wildman–Crippen MR) is 146 cm³/mol. The van der Waals surface area contributed by atoms with E-state index in [1.54, 1.807) is 61.5 Å². The van der Waals surface area contributed by atoms with Gasteiger partial charge in [0.05, 0.1) is 22.1 Å². The lowest BCUT2D eigenvalue weighted by Gasteiger charge is -2.29. The van der Waals surface area contributed by atoms with Gasteiger partial charge in [0.15, 0.2) is 0 Å². The third kappa shape index (κ3) is 11.2. The number of benzene rings is 3. The fraction of sp³-hybridized carbons (Fsp3) is 0.200. The number of rotatable bonds is 10. The number of carbonyl (C=O) groups excluding carboxylic acids is 6. The van der Waals surface area contributed by atoms with Gasteiger partial charge in [0.2, 0.25) is 0 Å². The highest BCUT2D eigenvalue weighted by Crippen LogP contribution is 2.25. The summed E-state index contributed by atoms with van der Waals surface area (Å²) >= 11 is 0. The Labute approximate surface area is 255 Å². The van der Waals surface area contributed by atoms with Gasteiger partial charge in [-0.05, 0) is 42.8 Å². The van der Waals surface area contributed by atoms with Crippen LogP contribution in [-0.2, 0) is 43.5 Å². The largest absolute Gasteiger partial charge is 0.549 e. The Bertz CT molecular complexity index is 1270. The van der Waals surface area contributed by atoms with Crippen LogP contribution in [0.4, 0.5) is 14.4 Å². The molecule has 0 saturated carbocycles. The van der Waals surface area contributed by atoms with Crippen molar-refractivity contribution in [2.45, 2.75) is 13.3 Å². The highest BCUT2D eigenvalue weighted by molar-refractivity contribution is 5.90. The first-order valence-corrected chi connectivity index (χ1v) is 13.0. The van der Waals surface area contributed by atoms with Gasteiger partial charge < -0.3 is 14.2 Å². The number of hydrogen-bond donors (Lipinski definition) is 0. The molecule has 45 heavy (non-hydrogen) atoms. The molecule has 15 heteroatoms. The molecule has 0 spiro atoms. The summed E-state index contributed by atoms with van der Waals surface area (Å²) in [6.45, 7) is -0.365. The summed E-state index contributed by atoms with van der Waals surface area (Å²) in [4.78, 5) is 98.9. The van der Waals surface area contributed by atoms with Gasteiger partial charge in [0, 0.05) is 0 Å². The van der Waals surface area contributed by atoms with E-state index in [0.717, 1.165) is 0 Å². The van der Waals surface area contributed by atoms with Crippen molar-refractivity contribution in [2.24, 2.45) is 5.41 Å². The van der Waals surface area contributed by atoms with E-state index in [-0.39, 0.29) is 23.1 Å². The molecular weight excluding hydrogens is 600 g/mol. The predicted octanol–water partition coefficient (Wildman–Crippen LogP) is 5.16. The molecule has 0 bridgehead atoms. The van der Waals surface area contributed by atoms with Crippen molar-refractivity contribution in [3.8, 4) is 0 Å². The van der Waals surface area contributed by atoms with E-state index >= 15 is 0 Å². The average Bonchev–Trinajstić information content (AvgIpc) is 3.09. The van der Waals surface area contributed by atoms with Gasteiger partial charge in [-0.15, -0.1) is 0 Å². The molecule has 0 aromatic heterocycles. The van der Waals surface area contributed by atoms with Gasteiger partial charge in [-0.1, -0.05) is 61.5 Å². The molecule has 15 nitrogen and oxygen atoms in total. The quantitative estimate of drug-likeness (QED) is 0.124. The van der Waals surface area contributed by atoms with Gasteiger partial charge in [-0.25, -0.2) is 43.7 Å². The maximum Gasteiger partial charge on any atom is 0.549 e. The fourth-order valence-electron chi connectivity index (χ4n) is 3.22. The molecule has 0 aliphatic rings. The second-order valence-corrected chi connectivity index (χ2v) is 8.93. The number of ether oxygens (including phenoxy) is 3. The van der Waals surface area contributed by atoms with Crippen molar-refractivity contribution in [3.63, 3.8) is 0 Å². The molecule has 0 heterocycles. The SMILES string of the molecule is CCC(COC(=O)OOC(=O)c1ccccc1)(COC(=O)OOC(=O)c1ccccc1)COC(=O)OOC(=O)c1ccccc1. The fourth-order valence-corrected chi connectivity index (χ4v) is 3.22.